The summed E-state index contributed by atoms with van der Waals surface area (Å²) in [6, 6.07) is 12.2. The molecular weight excluding hydrogens is 263 g/mol. The van der Waals surface area contributed by atoms with E-state index in [0.29, 0.717) is 0 Å². The molecule has 0 bridgehead atoms. The Morgan fingerprint density at radius 2 is 1.55 bits per heavy atom. The monoisotopic (exact) mass is 284 g/mol. The van der Waals surface area contributed by atoms with Crippen LogP contribution < -0.4 is 5.30 Å². The number of carbonyl (C=O) groups is 1. The first kappa shape index (κ1) is 14.9. The summed E-state index contributed by atoms with van der Waals surface area (Å²) in [6.07, 6.45) is 1.16. The van der Waals surface area contributed by atoms with Crippen molar-refractivity contribution in [3.05, 3.63) is 64.2 Å². The molecule has 2 heteroatoms. The third-order valence-corrected chi connectivity index (χ3v) is 4.53. The van der Waals surface area contributed by atoms with E-state index in [4.69, 9.17) is 0 Å². The summed E-state index contributed by atoms with van der Waals surface area (Å²) in [5.41, 5.74) is 4.96. The SMILES string of the molecule is CCPc1ccc(C(=O)c2c(C)cc(C)cc2C)cc1. The molecule has 1 unspecified atom stereocenters. The van der Waals surface area contributed by atoms with Crippen LogP contribution in [0.2, 0.25) is 0 Å². The lowest BCUT2D eigenvalue weighted by Gasteiger charge is -2.11. The second-order valence-corrected chi connectivity index (χ2v) is 6.85. The molecule has 2 aromatic carbocycles. The van der Waals surface area contributed by atoms with Crippen LogP contribution in [-0.4, -0.2) is 11.9 Å². The largest absolute Gasteiger partial charge is 0.289 e. The molecule has 0 fully saturated rings. The minimum absolute atomic E-state index is 0.131. The third kappa shape index (κ3) is 3.16. The van der Waals surface area contributed by atoms with Gasteiger partial charge in [-0.2, -0.15) is 0 Å². The highest BCUT2D eigenvalue weighted by Gasteiger charge is 2.14. The van der Waals surface area contributed by atoms with E-state index in [1.54, 1.807) is 0 Å². The number of ketones is 1. The molecule has 20 heavy (non-hydrogen) atoms. The number of hydrogen-bond donors (Lipinski definition) is 0. The Labute approximate surface area is 123 Å². The summed E-state index contributed by atoms with van der Waals surface area (Å²) in [5, 5.41) is 1.32. The van der Waals surface area contributed by atoms with Crippen molar-refractivity contribution in [2.75, 3.05) is 6.16 Å². The second-order valence-electron chi connectivity index (χ2n) is 5.21. The molecule has 0 saturated heterocycles. The molecule has 2 aromatic rings. The molecule has 0 radical (unpaired) electrons. The van der Waals surface area contributed by atoms with Crippen molar-refractivity contribution >= 4 is 19.7 Å². The fourth-order valence-electron chi connectivity index (χ4n) is 2.63. The Kier molecular flexibility index (Phi) is 4.73. The highest BCUT2D eigenvalue weighted by Crippen LogP contribution is 2.20. The fourth-order valence-corrected chi connectivity index (χ4v) is 3.44. The summed E-state index contributed by atoms with van der Waals surface area (Å²) < 4.78 is 0. The molecule has 0 saturated carbocycles. The van der Waals surface area contributed by atoms with Crippen molar-refractivity contribution < 1.29 is 4.79 Å². The van der Waals surface area contributed by atoms with Crippen LogP contribution in [-0.2, 0) is 0 Å². The second kappa shape index (κ2) is 6.33. The first-order valence-corrected chi connectivity index (χ1v) is 8.20. The predicted molar refractivity (Wildman–Crippen MR) is 89.0 cm³/mol. The van der Waals surface area contributed by atoms with Crippen LogP contribution in [0.4, 0.5) is 0 Å². The summed E-state index contributed by atoms with van der Waals surface area (Å²) >= 11 is 0. The van der Waals surface area contributed by atoms with Gasteiger partial charge in [-0.1, -0.05) is 57.5 Å². The van der Waals surface area contributed by atoms with Gasteiger partial charge in [-0.25, -0.2) is 0 Å². The molecule has 0 amide bonds. The quantitative estimate of drug-likeness (QED) is 0.608. The molecule has 0 aliphatic rings. The van der Waals surface area contributed by atoms with Crippen LogP contribution in [0.1, 0.15) is 39.5 Å². The highest BCUT2D eigenvalue weighted by molar-refractivity contribution is 7.47. The maximum atomic E-state index is 12.7. The molecule has 104 valence electrons. The zero-order valence-corrected chi connectivity index (χ0v) is 13.6. The smallest absolute Gasteiger partial charge is 0.193 e. The molecule has 0 aliphatic heterocycles. The third-order valence-electron chi connectivity index (χ3n) is 3.43. The van der Waals surface area contributed by atoms with Gasteiger partial charge in [0.25, 0.3) is 0 Å². The standard InChI is InChI=1S/C18H21OP/c1-5-20-16-8-6-15(7-9-16)18(19)17-13(3)10-12(2)11-14(17)4/h6-11,20H,5H2,1-4H3. The molecule has 1 atom stereocenters. The van der Waals surface area contributed by atoms with Crippen LogP contribution >= 0.6 is 8.58 Å². The van der Waals surface area contributed by atoms with Crippen LogP contribution in [0.5, 0.6) is 0 Å². The first-order chi connectivity index (χ1) is 9.52. The fraction of sp³-hybridized carbons (Fsp3) is 0.278. The summed E-state index contributed by atoms with van der Waals surface area (Å²) in [5.74, 6) is 0.131. The average molecular weight is 284 g/mol. The van der Waals surface area contributed by atoms with E-state index < -0.39 is 0 Å². The van der Waals surface area contributed by atoms with Crippen LogP contribution in [0.25, 0.3) is 0 Å². The van der Waals surface area contributed by atoms with Crippen molar-refractivity contribution in [2.24, 2.45) is 0 Å². The Bertz CT molecular complexity index is 603. The van der Waals surface area contributed by atoms with Gasteiger partial charge < -0.3 is 0 Å². The minimum atomic E-state index is 0.131. The number of hydrogen-bond acceptors (Lipinski definition) is 1. The molecular formula is C18H21OP. The van der Waals surface area contributed by atoms with E-state index in [-0.39, 0.29) is 5.78 Å². The van der Waals surface area contributed by atoms with E-state index in [0.717, 1.165) is 37.0 Å². The van der Waals surface area contributed by atoms with Gasteiger partial charge in [-0.05, 0) is 43.4 Å². The maximum Gasteiger partial charge on any atom is 0.193 e. The minimum Gasteiger partial charge on any atom is -0.289 e. The number of aryl methyl sites for hydroxylation is 3. The van der Waals surface area contributed by atoms with Crippen molar-refractivity contribution in [3.63, 3.8) is 0 Å². The predicted octanol–water partition coefficient (Wildman–Crippen LogP) is 4.17. The summed E-state index contributed by atoms with van der Waals surface area (Å²) in [4.78, 5) is 12.7. The average Bonchev–Trinajstić information content (AvgIpc) is 2.38. The molecule has 1 nitrogen and oxygen atoms in total. The number of carbonyl (C=O) groups excluding carboxylic acids is 1. The first-order valence-electron chi connectivity index (χ1n) is 6.99. The van der Waals surface area contributed by atoms with E-state index >= 15 is 0 Å². The van der Waals surface area contributed by atoms with E-state index in [1.807, 2.05) is 26.0 Å². The van der Waals surface area contributed by atoms with Gasteiger partial charge >= 0.3 is 0 Å². The summed E-state index contributed by atoms with van der Waals surface area (Å²) in [6.45, 7) is 8.27. The van der Waals surface area contributed by atoms with Gasteiger partial charge in [0.2, 0.25) is 0 Å². The number of benzene rings is 2. The molecule has 2 rings (SSSR count). The van der Waals surface area contributed by atoms with Crippen LogP contribution in [0.15, 0.2) is 36.4 Å². The van der Waals surface area contributed by atoms with Crippen molar-refractivity contribution in [2.45, 2.75) is 27.7 Å². The highest BCUT2D eigenvalue weighted by atomic mass is 31.1. The normalized spacial score (nSPS) is 11.2. The lowest BCUT2D eigenvalue weighted by Crippen LogP contribution is -2.08. The zero-order valence-electron chi connectivity index (χ0n) is 12.6. The van der Waals surface area contributed by atoms with Gasteiger partial charge in [-0.15, -0.1) is 0 Å². The van der Waals surface area contributed by atoms with Gasteiger partial charge in [0.05, 0.1) is 0 Å². The Hall–Kier alpha value is -1.46. The van der Waals surface area contributed by atoms with Crippen molar-refractivity contribution in [3.8, 4) is 0 Å². The zero-order chi connectivity index (χ0) is 14.7. The Morgan fingerprint density at radius 1 is 1.00 bits per heavy atom. The Balaban J connectivity index is 2.36. The lowest BCUT2D eigenvalue weighted by atomic mass is 9.93. The topological polar surface area (TPSA) is 17.1 Å². The van der Waals surface area contributed by atoms with Gasteiger partial charge in [0.15, 0.2) is 5.78 Å². The summed E-state index contributed by atoms with van der Waals surface area (Å²) in [7, 11) is 0.826. The Morgan fingerprint density at radius 3 is 2.05 bits per heavy atom. The van der Waals surface area contributed by atoms with Crippen molar-refractivity contribution in [1.82, 2.24) is 0 Å². The molecule has 0 aliphatic carbocycles. The lowest BCUT2D eigenvalue weighted by molar-refractivity contribution is 0.103. The van der Waals surface area contributed by atoms with Gasteiger partial charge in [0.1, 0.15) is 0 Å². The van der Waals surface area contributed by atoms with Crippen molar-refractivity contribution in [1.29, 1.82) is 0 Å². The number of rotatable bonds is 4. The van der Waals surface area contributed by atoms with Crippen LogP contribution in [0.3, 0.4) is 0 Å². The van der Waals surface area contributed by atoms with Gasteiger partial charge in [0, 0.05) is 11.1 Å². The van der Waals surface area contributed by atoms with Gasteiger partial charge in [-0.3, -0.25) is 4.79 Å². The molecule has 0 spiro atoms. The molecule has 0 N–H and O–H groups in total. The van der Waals surface area contributed by atoms with Crippen LogP contribution in [0, 0.1) is 20.8 Å². The van der Waals surface area contributed by atoms with E-state index in [2.05, 4.69) is 38.1 Å². The van der Waals surface area contributed by atoms with E-state index in [1.165, 1.54) is 10.9 Å². The molecule has 0 aromatic heterocycles. The maximum absolute atomic E-state index is 12.7. The molecule has 0 heterocycles. The van der Waals surface area contributed by atoms with E-state index in [9.17, 15) is 4.79 Å².